The average molecular weight is 501 g/mol. The zero-order chi connectivity index (χ0) is 19.6. The second-order valence-corrected chi connectivity index (χ2v) is 8.66. The van der Waals surface area contributed by atoms with Crippen LogP contribution in [0.2, 0.25) is 0 Å². The van der Waals surface area contributed by atoms with E-state index in [1.807, 2.05) is 0 Å². The highest BCUT2D eigenvalue weighted by atomic mass is 127. The molecule has 1 saturated heterocycles. The van der Waals surface area contributed by atoms with Crippen LogP contribution < -0.4 is 15.4 Å². The molecule has 0 amide bonds. The zero-order valence-electron chi connectivity index (χ0n) is 18.0. The molecular formula is C22H36IN3O2. The van der Waals surface area contributed by atoms with Crippen molar-refractivity contribution < 1.29 is 9.47 Å². The van der Waals surface area contributed by atoms with E-state index in [4.69, 9.17) is 14.5 Å². The van der Waals surface area contributed by atoms with E-state index in [-0.39, 0.29) is 35.5 Å². The molecule has 2 N–H and O–H groups in total. The number of hydrogen-bond acceptors (Lipinski definition) is 3. The Kier molecular flexibility index (Phi) is 8.02. The molecule has 1 heterocycles. The molecule has 0 spiro atoms. The molecule has 2 aliphatic rings. The summed E-state index contributed by atoms with van der Waals surface area (Å²) in [5.74, 6) is 2.39. The van der Waals surface area contributed by atoms with Gasteiger partial charge in [-0.05, 0) is 45.7 Å². The van der Waals surface area contributed by atoms with Crippen molar-refractivity contribution in [1.29, 1.82) is 0 Å². The quantitative estimate of drug-likeness (QED) is 0.348. The van der Waals surface area contributed by atoms with Crippen LogP contribution in [0.15, 0.2) is 23.2 Å². The first kappa shape index (κ1) is 23.3. The third kappa shape index (κ3) is 4.93. The Morgan fingerprint density at radius 3 is 2.79 bits per heavy atom. The van der Waals surface area contributed by atoms with Crippen LogP contribution >= 0.6 is 24.0 Å². The fraction of sp³-hybridized carbons (Fsp3) is 0.682. The molecule has 6 heteroatoms. The number of nitrogens with zero attached hydrogens (tertiary/aromatic N) is 1. The summed E-state index contributed by atoms with van der Waals surface area (Å²) >= 11 is 0. The van der Waals surface area contributed by atoms with Gasteiger partial charge in [0.25, 0.3) is 0 Å². The average Bonchev–Trinajstić information content (AvgIpc) is 3.05. The first-order valence-corrected chi connectivity index (χ1v) is 10.3. The number of guanidine groups is 1. The SMILES string of the molecule is CCNC(=NCc1ccc(C)cc1OC(C)C)NC1C2CCOC2C1(C)C.I. The Labute approximate surface area is 187 Å². The van der Waals surface area contributed by atoms with Gasteiger partial charge in [-0.3, -0.25) is 0 Å². The van der Waals surface area contributed by atoms with E-state index in [0.29, 0.717) is 24.6 Å². The summed E-state index contributed by atoms with van der Waals surface area (Å²) in [6.07, 6.45) is 1.66. The highest BCUT2D eigenvalue weighted by Gasteiger charge is 2.59. The Bertz CT molecular complexity index is 690. The largest absolute Gasteiger partial charge is 0.491 e. The van der Waals surface area contributed by atoms with Crippen LogP contribution in [0.3, 0.4) is 0 Å². The number of aliphatic imine (C=N–C) groups is 1. The van der Waals surface area contributed by atoms with Gasteiger partial charge in [-0.2, -0.15) is 0 Å². The molecule has 3 atom stereocenters. The molecule has 1 saturated carbocycles. The van der Waals surface area contributed by atoms with Gasteiger partial charge in [0.2, 0.25) is 0 Å². The summed E-state index contributed by atoms with van der Waals surface area (Å²) in [4.78, 5) is 4.86. The number of aryl methyl sites for hydroxylation is 1. The fourth-order valence-corrected chi connectivity index (χ4v) is 4.40. The van der Waals surface area contributed by atoms with E-state index in [0.717, 1.165) is 36.8 Å². The van der Waals surface area contributed by atoms with Crippen LogP contribution in [0.1, 0.15) is 52.2 Å². The lowest BCUT2D eigenvalue weighted by molar-refractivity contribution is -0.106. The monoisotopic (exact) mass is 501 g/mol. The van der Waals surface area contributed by atoms with E-state index < -0.39 is 0 Å². The second kappa shape index (κ2) is 9.65. The molecule has 5 nitrogen and oxygen atoms in total. The van der Waals surface area contributed by atoms with Crippen molar-refractivity contribution in [3.8, 4) is 5.75 Å². The molecule has 2 fully saturated rings. The number of fused-ring (bicyclic) bond motifs is 1. The molecule has 1 aromatic carbocycles. The first-order chi connectivity index (χ1) is 12.8. The van der Waals surface area contributed by atoms with Crippen LogP contribution in [0.4, 0.5) is 0 Å². The van der Waals surface area contributed by atoms with Gasteiger partial charge in [-0.15, -0.1) is 24.0 Å². The van der Waals surface area contributed by atoms with E-state index >= 15 is 0 Å². The topological polar surface area (TPSA) is 54.9 Å². The van der Waals surface area contributed by atoms with Crippen LogP contribution in [0.25, 0.3) is 0 Å². The maximum Gasteiger partial charge on any atom is 0.191 e. The highest BCUT2D eigenvalue weighted by molar-refractivity contribution is 14.0. The molecule has 1 aliphatic carbocycles. The van der Waals surface area contributed by atoms with Gasteiger partial charge in [0.1, 0.15) is 5.75 Å². The lowest BCUT2D eigenvalue weighted by atomic mass is 9.57. The van der Waals surface area contributed by atoms with Crippen molar-refractivity contribution in [3.63, 3.8) is 0 Å². The first-order valence-electron chi connectivity index (χ1n) is 10.3. The van der Waals surface area contributed by atoms with Crippen molar-refractivity contribution in [2.24, 2.45) is 16.3 Å². The van der Waals surface area contributed by atoms with Gasteiger partial charge in [0.15, 0.2) is 5.96 Å². The van der Waals surface area contributed by atoms with E-state index in [1.165, 1.54) is 5.56 Å². The molecular weight excluding hydrogens is 465 g/mol. The normalized spacial score (nSPS) is 25.5. The van der Waals surface area contributed by atoms with Gasteiger partial charge in [-0.1, -0.05) is 26.0 Å². The molecule has 1 aliphatic heterocycles. The Hall–Kier alpha value is -1.02. The molecule has 158 valence electrons. The minimum Gasteiger partial charge on any atom is -0.491 e. The van der Waals surface area contributed by atoms with Crippen LogP contribution in [-0.4, -0.2) is 37.4 Å². The van der Waals surface area contributed by atoms with Gasteiger partial charge in [0, 0.05) is 36.1 Å². The molecule has 0 bridgehead atoms. The summed E-state index contributed by atoms with van der Waals surface area (Å²) in [7, 11) is 0. The number of halogens is 1. The van der Waals surface area contributed by atoms with Gasteiger partial charge >= 0.3 is 0 Å². The minimum atomic E-state index is 0. The second-order valence-electron chi connectivity index (χ2n) is 8.66. The summed E-state index contributed by atoms with van der Waals surface area (Å²) in [6.45, 7) is 15.2. The number of ether oxygens (including phenoxy) is 2. The Morgan fingerprint density at radius 2 is 2.11 bits per heavy atom. The standard InChI is InChI=1S/C22H35N3O2.HI/c1-7-23-21(25-19-17-10-11-26-20(17)22(19,5)6)24-13-16-9-8-15(4)12-18(16)27-14(2)3;/h8-9,12,14,17,19-20H,7,10-11,13H2,1-6H3,(H2,23,24,25);1H. The molecule has 0 aromatic heterocycles. The summed E-state index contributed by atoms with van der Waals surface area (Å²) in [5.41, 5.74) is 2.45. The highest BCUT2D eigenvalue weighted by Crippen LogP contribution is 2.52. The van der Waals surface area contributed by atoms with Gasteiger partial charge < -0.3 is 20.1 Å². The van der Waals surface area contributed by atoms with Crippen molar-refractivity contribution in [1.82, 2.24) is 10.6 Å². The van der Waals surface area contributed by atoms with Crippen molar-refractivity contribution >= 4 is 29.9 Å². The summed E-state index contributed by atoms with van der Waals surface area (Å²) < 4.78 is 11.9. The number of rotatable bonds is 6. The Balaban J connectivity index is 0.00000280. The van der Waals surface area contributed by atoms with Crippen molar-refractivity contribution in [2.75, 3.05) is 13.2 Å². The van der Waals surface area contributed by atoms with Crippen LogP contribution in [0.5, 0.6) is 5.75 Å². The van der Waals surface area contributed by atoms with Crippen LogP contribution in [-0.2, 0) is 11.3 Å². The van der Waals surface area contributed by atoms with Crippen molar-refractivity contribution in [2.45, 2.75) is 72.8 Å². The predicted molar refractivity (Wildman–Crippen MR) is 126 cm³/mol. The van der Waals surface area contributed by atoms with Crippen LogP contribution in [0, 0.1) is 18.3 Å². The Morgan fingerprint density at radius 1 is 1.36 bits per heavy atom. The lowest BCUT2D eigenvalue weighted by Gasteiger charge is -2.54. The third-order valence-corrected chi connectivity index (χ3v) is 5.73. The summed E-state index contributed by atoms with van der Waals surface area (Å²) in [6, 6.07) is 6.73. The number of hydrogen-bond donors (Lipinski definition) is 2. The van der Waals surface area contributed by atoms with Gasteiger partial charge in [0.05, 0.1) is 18.8 Å². The lowest BCUT2D eigenvalue weighted by Crippen LogP contribution is -2.67. The smallest absolute Gasteiger partial charge is 0.191 e. The maximum absolute atomic E-state index is 6.00. The van der Waals surface area contributed by atoms with E-state index in [9.17, 15) is 0 Å². The summed E-state index contributed by atoms with van der Waals surface area (Å²) in [5, 5.41) is 7.07. The molecule has 1 aromatic rings. The van der Waals surface area contributed by atoms with Gasteiger partial charge in [-0.25, -0.2) is 4.99 Å². The molecule has 3 unspecified atom stereocenters. The van der Waals surface area contributed by atoms with Crippen molar-refractivity contribution in [3.05, 3.63) is 29.3 Å². The fourth-order valence-electron chi connectivity index (χ4n) is 4.40. The number of nitrogens with one attached hydrogen (secondary N) is 2. The third-order valence-electron chi connectivity index (χ3n) is 5.73. The molecule has 0 radical (unpaired) electrons. The predicted octanol–water partition coefficient (Wildman–Crippen LogP) is 4.27. The molecule has 3 rings (SSSR count). The maximum atomic E-state index is 6.00. The number of benzene rings is 1. The van der Waals surface area contributed by atoms with E-state index in [1.54, 1.807) is 0 Å². The minimum absolute atomic E-state index is 0. The molecule has 28 heavy (non-hydrogen) atoms. The zero-order valence-corrected chi connectivity index (χ0v) is 20.4. The van der Waals surface area contributed by atoms with E-state index in [2.05, 4.69) is 70.4 Å².